The van der Waals surface area contributed by atoms with E-state index in [2.05, 4.69) is 15.6 Å². The average Bonchev–Trinajstić information content (AvgIpc) is 2.77. The Morgan fingerprint density at radius 1 is 1.50 bits per heavy atom. The summed E-state index contributed by atoms with van der Waals surface area (Å²) >= 11 is 0. The van der Waals surface area contributed by atoms with Crippen LogP contribution in [0.25, 0.3) is 0 Å². The summed E-state index contributed by atoms with van der Waals surface area (Å²) < 4.78 is 6.50. The third-order valence-electron chi connectivity index (χ3n) is 1.88. The molecule has 0 amide bonds. The van der Waals surface area contributed by atoms with Crippen LogP contribution in [0.4, 0.5) is 0 Å². The van der Waals surface area contributed by atoms with Crippen molar-refractivity contribution >= 4 is 0 Å². The minimum atomic E-state index is 0.714. The second-order valence-corrected chi connectivity index (χ2v) is 3.12. The van der Waals surface area contributed by atoms with Crippen molar-refractivity contribution in [3.63, 3.8) is 0 Å². The predicted octanol–water partition coefficient (Wildman–Crippen LogP) is 0.698. The minimum absolute atomic E-state index is 0.714. The Hall–Kier alpha value is -1.62. The van der Waals surface area contributed by atoms with Crippen molar-refractivity contribution in [2.24, 2.45) is 7.05 Å². The van der Waals surface area contributed by atoms with E-state index in [0.29, 0.717) is 6.54 Å². The molecule has 2 heterocycles. The Morgan fingerprint density at radius 3 is 3.07 bits per heavy atom. The second kappa shape index (κ2) is 4.06. The van der Waals surface area contributed by atoms with E-state index in [-0.39, 0.29) is 0 Å². The standard InChI is InChI=1S/C9H12N4O/c1-13-7-8(5-11-13)4-10-6-9-2-3-14-12-9/h2-3,5,7,10H,4,6H2,1H3. The van der Waals surface area contributed by atoms with Gasteiger partial charge in [-0.3, -0.25) is 4.68 Å². The van der Waals surface area contributed by atoms with Crippen LogP contribution in [0.2, 0.25) is 0 Å². The van der Waals surface area contributed by atoms with E-state index >= 15 is 0 Å². The van der Waals surface area contributed by atoms with Gasteiger partial charge in [0.2, 0.25) is 0 Å². The first-order chi connectivity index (χ1) is 6.84. The molecular formula is C9H12N4O. The number of hydrogen-bond acceptors (Lipinski definition) is 4. The number of aromatic nitrogens is 3. The maximum absolute atomic E-state index is 4.71. The number of hydrogen-bond donors (Lipinski definition) is 1. The molecule has 5 heteroatoms. The maximum atomic E-state index is 4.71. The highest BCUT2D eigenvalue weighted by Gasteiger charge is 1.97. The summed E-state index contributed by atoms with van der Waals surface area (Å²) in [4.78, 5) is 0. The van der Waals surface area contributed by atoms with Gasteiger partial charge in [0.25, 0.3) is 0 Å². The van der Waals surface area contributed by atoms with E-state index in [1.54, 1.807) is 10.9 Å². The van der Waals surface area contributed by atoms with Crippen LogP contribution in [0.5, 0.6) is 0 Å². The first-order valence-electron chi connectivity index (χ1n) is 4.42. The molecule has 0 atom stereocenters. The Labute approximate surface area is 81.7 Å². The predicted molar refractivity (Wildman–Crippen MR) is 50.3 cm³/mol. The van der Waals surface area contributed by atoms with Gasteiger partial charge in [0.1, 0.15) is 6.26 Å². The van der Waals surface area contributed by atoms with E-state index < -0.39 is 0 Å². The largest absolute Gasteiger partial charge is 0.364 e. The van der Waals surface area contributed by atoms with E-state index in [1.807, 2.05) is 25.5 Å². The molecule has 14 heavy (non-hydrogen) atoms. The molecule has 2 aromatic rings. The normalized spacial score (nSPS) is 10.6. The van der Waals surface area contributed by atoms with Gasteiger partial charge in [-0.25, -0.2) is 0 Å². The summed E-state index contributed by atoms with van der Waals surface area (Å²) in [5, 5.41) is 11.1. The Bertz CT molecular complexity index is 379. The van der Waals surface area contributed by atoms with E-state index in [0.717, 1.165) is 17.8 Å². The second-order valence-electron chi connectivity index (χ2n) is 3.12. The highest BCUT2D eigenvalue weighted by atomic mass is 16.5. The van der Waals surface area contributed by atoms with Crippen molar-refractivity contribution in [2.45, 2.75) is 13.1 Å². The molecule has 0 aliphatic carbocycles. The van der Waals surface area contributed by atoms with Crippen molar-refractivity contribution in [3.05, 3.63) is 36.0 Å². The Balaban J connectivity index is 1.78. The molecule has 0 radical (unpaired) electrons. The summed E-state index contributed by atoms with van der Waals surface area (Å²) in [5.74, 6) is 0. The van der Waals surface area contributed by atoms with Crippen molar-refractivity contribution < 1.29 is 4.52 Å². The van der Waals surface area contributed by atoms with Crippen LogP contribution in [0, 0.1) is 0 Å². The van der Waals surface area contributed by atoms with Crippen molar-refractivity contribution in [3.8, 4) is 0 Å². The molecule has 0 saturated heterocycles. The van der Waals surface area contributed by atoms with Crippen molar-refractivity contribution in [2.75, 3.05) is 0 Å². The molecule has 0 saturated carbocycles. The summed E-state index contributed by atoms with van der Waals surface area (Å²) in [6.45, 7) is 1.51. The lowest BCUT2D eigenvalue weighted by Gasteiger charge is -1.98. The molecule has 0 aliphatic rings. The van der Waals surface area contributed by atoms with Crippen molar-refractivity contribution in [1.82, 2.24) is 20.3 Å². The van der Waals surface area contributed by atoms with Gasteiger partial charge in [0, 0.05) is 38.0 Å². The van der Waals surface area contributed by atoms with Gasteiger partial charge in [-0.05, 0) is 0 Å². The summed E-state index contributed by atoms with van der Waals surface area (Å²) in [6, 6.07) is 1.84. The molecule has 2 rings (SSSR count). The van der Waals surface area contributed by atoms with Crippen LogP contribution < -0.4 is 5.32 Å². The summed E-state index contributed by atoms with van der Waals surface area (Å²) in [7, 11) is 1.90. The molecule has 0 bridgehead atoms. The zero-order chi connectivity index (χ0) is 9.80. The van der Waals surface area contributed by atoms with E-state index in [1.165, 1.54) is 0 Å². The molecule has 2 aromatic heterocycles. The molecular weight excluding hydrogens is 180 g/mol. The van der Waals surface area contributed by atoms with Crippen LogP contribution >= 0.6 is 0 Å². The Morgan fingerprint density at radius 2 is 2.43 bits per heavy atom. The molecule has 0 aliphatic heterocycles. The fourth-order valence-electron chi connectivity index (χ4n) is 1.23. The zero-order valence-corrected chi connectivity index (χ0v) is 7.97. The van der Waals surface area contributed by atoms with Crippen LogP contribution in [-0.2, 0) is 20.1 Å². The first kappa shape index (κ1) is 8.96. The van der Waals surface area contributed by atoms with E-state index in [4.69, 9.17) is 4.52 Å². The van der Waals surface area contributed by atoms with Gasteiger partial charge in [0.15, 0.2) is 0 Å². The van der Waals surface area contributed by atoms with Crippen LogP contribution in [0.1, 0.15) is 11.3 Å². The summed E-state index contributed by atoms with van der Waals surface area (Å²) in [5.41, 5.74) is 2.07. The SMILES string of the molecule is Cn1cc(CNCc2ccon2)cn1. The Kier molecular flexibility index (Phi) is 2.60. The average molecular weight is 192 g/mol. The lowest BCUT2D eigenvalue weighted by atomic mass is 10.3. The zero-order valence-electron chi connectivity index (χ0n) is 7.97. The molecule has 0 fully saturated rings. The van der Waals surface area contributed by atoms with Crippen LogP contribution in [0.3, 0.4) is 0 Å². The van der Waals surface area contributed by atoms with E-state index in [9.17, 15) is 0 Å². The van der Waals surface area contributed by atoms with Crippen LogP contribution in [-0.4, -0.2) is 14.9 Å². The monoisotopic (exact) mass is 192 g/mol. The number of nitrogens with one attached hydrogen (secondary N) is 1. The first-order valence-corrected chi connectivity index (χ1v) is 4.42. The third kappa shape index (κ3) is 2.20. The van der Waals surface area contributed by atoms with Gasteiger partial charge >= 0.3 is 0 Å². The van der Waals surface area contributed by atoms with Gasteiger partial charge in [-0.1, -0.05) is 5.16 Å². The minimum Gasteiger partial charge on any atom is -0.364 e. The highest BCUT2D eigenvalue weighted by Crippen LogP contribution is 1.97. The van der Waals surface area contributed by atoms with Gasteiger partial charge < -0.3 is 9.84 Å². The van der Waals surface area contributed by atoms with Crippen molar-refractivity contribution in [1.29, 1.82) is 0 Å². The van der Waals surface area contributed by atoms with Gasteiger partial charge in [0.05, 0.1) is 11.9 Å². The third-order valence-corrected chi connectivity index (χ3v) is 1.88. The molecule has 0 spiro atoms. The number of rotatable bonds is 4. The van der Waals surface area contributed by atoms with Gasteiger partial charge in [-0.2, -0.15) is 5.10 Å². The maximum Gasteiger partial charge on any atom is 0.124 e. The fourth-order valence-corrected chi connectivity index (χ4v) is 1.23. The lowest BCUT2D eigenvalue weighted by molar-refractivity contribution is 0.408. The number of aryl methyl sites for hydroxylation is 1. The quantitative estimate of drug-likeness (QED) is 0.774. The smallest absolute Gasteiger partial charge is 0.124 e. The number of nitrogens with zero attached hydrogens (tertiary/aromatic N) is 3. The molecule has 0 aromatic carbocycles. The fraction of sp³-hybridized carbons (Fsp3) is 0.333. The topological polar surface area (TPSA) is 55.9 Å². The summed E-state index contributed by atoms with van der Waals surface area (Å²) in [6.07, 6.45) is 5.40. The molecule has 5 nitrogen and oxygen atoms in total. The molecule has 74 valence electrons. The van der Waals surface area contributed by atoms with Crippen LogP contribution in [0.15, 0.2) is 29.2 Å². The lowest BCUT2D eigenvalue weighted by Crippen LogP contribution is -2.12. The molecule has 1 N–H and O–H groups in total. The molecule has 0 unspecified atom stereocenters. The van der Waals surface area contributed by atoms with Gasteiger partial charge in [-0.15, -0.1) is 0 Å². The highest BCUT2D eigenvalue weighted by molar-refractivity contribution is 5.03.